The summed E-state index contributed by atoms with van der Waals surface area (Å²) in [7, 11) is 3.29. The van der Waals surface area contributed by atoms with Crippen LogP contribution in [0.1, 0.15) is 29.9 Å². The van der Waals surface area contributed by atoms with E-state index in [0.717, 1.165) is 37.2 Å². The molecule has 1 fully saturated rings. The van der Waals surface area contributed by atoms with Crippen LogP contribution in [-0.2, 0) is 4.79 Å². The highest BCUT2D eigenvalue weighted by Gasteiger charge is 2.25. The average Bonchev–Trinajstić information content (AvgIpc) is 3.25. The molecule has 4 rings (SSSR count). The van der Waals surface area contributed by atoms with E-state index in [-0.39, 0.29) is 12.7 Å². The SMILES string of the molecule is COc1ccccc1C1CCN(C(=O)/C=C/c2cc(OC)c3c(c2)OCO3)CC1. The molecule has 0 atom stereocenters. The van der Waals surface area contributed by atoms with Gasteiger partial charge in [0.25, 0.3) is 0 Å². The van der Waals surface area contributed by atoms with Crippen LogP contribution >= 0.6 is 0 Å². The zero-order chi connectivity index (χ0) is 20.2. The first-order valence-corrected chi connectivity index (χ1v) is 9.77. The maximum atomic E-state index is 12.7. The summed E-state index contributed by atoms with van der Waals surface area (Å²) in [6.45, 7) is 1.64. The largest absolute Gasteiger partial charge is 0.496 e. The van der Waals surface area contributed by atoms with E-state index in [1.54, 1.807) is 26.4 Å². The van der Waals surface area contributed by atoms with Crippen molar-refractivity contribution in [2.75, 3.05) is 34.1 Å². The number of nitrogens with zero attached hydrogens (tertiary/aromatic N) is 1. The Balaban J connectivity index is 1.39. The summed E-state index contributed by atoms with van der Waals surface area (Å²) in [4.78, 5) is 14.5. The third-order valence-corrected chi connectivity index (χ3v) is 5.48. The van der Waals surface area contributed by atoms with Crippen molar-refractivity contribution in [2.45, 2.75) is 18.8 Å². The number of carbonyl (C=O) groups is 1. The van der Waals surface area contributed by atoms with Gasteiger partial charge in [0, 0.05) is 19.2 Å². The standard InChI is InChI=1S/C23H25NO5/c1-26-19-6-4-3-5-18(19)17-9-11-24(12-10-17)22(25)8-7-16-13-20(27-2)23-21(14-16)28-15-29-23/h3-8,13-14,17H,9-12,15H2,1-2H3/b8-7+. The van der Waals surface area contributed by atoms with E-state index in [0.29, 0.717) is 23.2 Å². The van der Waals surface area contributed by atoms with E-state index >= 15 is 0 Å². The van der Waals surface area contributed by atoms with Crippen molar-refractivity contribution < 1.29 is 23.7 Å². The zero-order valence-corrected chi connectivity index (χ0v) is 16.7. The molecule has 0 aliphatic carbocycles. The third kappa shape index (κ3) is 4.01. The van der Waals surface area contributed by atoms with Gasteiger partial charge in [-0.25, -0.2) is 0 Å². The monoisotopic (exact) mass is 395 g/mol. The third-order valence-electron chi connectivity index (χ3n) is 5.48. The quantitative estimate of drug-likeness (QED) is 0.720. The molecule has 1 amide bonds. The predicted octanol–water partition coefficient (Wildman–Crippen LogP) is 3.85. The van der Waals surface area contributed by atoms with E-state index in [1.807, 2.05) is 35.2 Å². The number of methoxy groups -OCH3 is 2. The molecule has 2 aromatic rings. The molecular weight excluding hydrogens is 370 g/mol. The second kappa shape index (κ2) is 8.47. The van der Waals surface area contributed by atoms with Crippen molar-refractivity contribution in [3.8, 4) is 23.0 Å². The number of rotatable bonds is 5. The minimum atomic E-state index is 0.0140. The van der Waals surface area contributed by atoms with Gasteiger partial charge in [0.1, 0.15) is 5.75 Å². The summed E-state index contributed by atoms with van der Waals surface area (Å²) in [5, 5.41) is 0. The van der Waals surface area contributed by atoms with Crippen LogP contribution in [0.2, 0.25) is 0 Å². The van der Waals surface area contributed by atoms with Gasteiger partial charge in [-0.2, -0.15) is 0 Å². The Morgan fingerprint density at radius 3 is 2.59 bits per heavy atom. The van der Waals surface area contributed by atoms with E-state index < -0.39 is 0 Å². The van der Waals surface area contributed by atoms with Crippen LogP contribution in [0, 0.1) is 0 Å². The number of piperidine rings is 1. The molecule has 2 aliphatic heterocycles. The molecule has 1 saturated heterocycles. The fourth-order valence-electron chi connectivity index (χ4n) is 3.93. The first-order chi connectivity index (χ1) is 14.2. The Morgan fingerprint density at radius 2 is 1.83 bits per heavy atom. The molecule has 0 aromatic heterocycles. The molecule has 0 radical (unpaired) electrons. The van der Waals surface area contributed by atoms with Gasteiger partial charge in [-0.05, 0) is 54.2 Å². The lowest BCUT2D eigenvalue weighted by Gasteiger charge is -2.32. The summed E-state index contributed by atoms with van der Waals surface area (Å²) in [5.41, 5.74) is 2.06. The topological polar surface area (TPSA) is 57.2 Å². The van der Waals surface area contributed by atoms with Crippen molar-refractivity contribution in [1.82, 2.24) is 4.90 Å². The van der Waals surface area contributed by atoms with Gasteiger partial charge in [-0.3, -0.25) is 4.79 Å². The van der Waals surface area contributed by atoms with Crippen LogP contribution in [0.3, 0.4) is 0 Å². The van der Waals surface area contributed by atoms with E-state index in [2.05, 4.69) is 6.07 Å². The molecule has 152 valence electrons. The summed E-state index contributed by atoms with van der Waals surface area (Å²) in [5.74, 6) is 3.19. The Hall–Kier alpha value is -3.15. The number of fused-ring (bicyclic) bond motifs is 1. The van der Waals surface area contributed by atoms with Gasteiger partial charge < -0.3 is 23.8 Å². The molecule has 29 heavy (non-hydrogen) atoms. The summed E-state index contributed by atoms with van der Waals surface area (Å²) in [6.07, 6.45) is 5.26. The molecular formula is C23H25NO5. The number of para-hydroxylation sites is 1. The normalized spacial score (nSPS) is 16.3. The van der Waals surface area contributed by atoms with Crippen molar-refractivity contribution in [3.05, 3.63) is 53.6 Å². The van der Waals surface area contributed by atoms with Crippen molar-refractivity contribution in [2.24, 2.45) is 0 Å². The minimum Gasteiger partial charge on any atom is -0.496 e. The molecule has 6 nitrogen and oxygen atoms in total. The number of carbonyl (C=O) groups excluding carboxylic acids is 1. The van der Waals surface area contributed by atoms with Crippen molar-refractivity contribution in [1.29, 1.82) is 0 Å². The van der Waals surface area contributed by atoms with Gasteiger partial charge in [0.15, 0.2) is 11.5 Å². The average molecular weight is 395 g/mol. The number of hydrogen-bond acceptors (Lipinski definition) is 5. The molecule has 6 heteroatoms. The van der Waals surface area contributed by atoms with E-state index in [9.17, 15) is 4.79 Å². The van der Waals surface area contributed by atoms with Gasteiger partial charge >= 0.3 is 0 Å². The second-order valence-corrected chi connectivity index (χ2v) is 7.13. The molecule has 0 N–H and O–H groups in total. The lowest BCUT2D eigenvalue weighted by molar-refractivity contribution is -0.126. The molecule has 0 saturated carbocycles. The van der Waals surface area contributed by atoms with Gasteiger partial charge in [-0.1, -0.05) is 18.2 Å². The number of benzene rings is 2. The number of likely N-dealkylation sites (tertiary alicyclic amines) is 1. The number of hydrogen-bond donors (Lipinski definition) is 0. The van der Waals surface area contributed by atoms with Crippen LogP contribution in [0.4, 0.5) is 0 Å². The number of amides is 1. The number of ether oxygens (including phenoxy) is 4. The fraction of sp³-hybridized carbons (Fsp3) is 0.348. The lowest BCUT2D eigenvalue weighted by Crippen LogP contribution is -2.36. The fourth-order valence-corrected chi connectivity index (χ4v) is 3.93. The lowest BCUT2D eigenvalue weighted by atomic mass is 9.89. The van der Waals surface area contributed by atoms with E-state index in [1.165, 1.54) is 5.56 Å². The Kier molecular flexibility index (Phi) is 5.60. The van der Waals surface area contributed by atoms with Crippen LogP contribution < -0.4 is 18.9 Å². The maximum Gasteiger partial charge on any atom is 0.246 e. The first kappa shape index (κ1) is 19.2. The highest BCUT2D eigenvalue weighted by molar-refractivity contribution is 5.92. The first-order valence-electron chi connectivity index (χ1n) is 9.77. The van der Waals surface area contributed by atoms with Crippen LogP contribution in [0.25, 0.3) is 6.08 Å². The molecule has 0 unspecified atom stereocenters. The Labute approximate surface area is 170 Å². The summed E-state index contributed by atoms with van der Waals surface area (Å²) in [6, 6.07) is 11.8. The molecule has 0 bridgehead atoms. The predicted molar refractivity (Wildman–Crippen MR) is 110 cm³/mol. The van der Waals surface area contributed by atoms with Crippen molar-refractivity contribution >= 4 is 12.0 Å². The van der Waals surface area contributed by atoms with Gasteiger partial charge in [0.2, 0.25) is 18.4 Å². The smallest absolute Gasteiger partial charge is 0.246 e. The summed E-state index contributed by atoms with van der Waals surface area (Å²) < 4.78 is 21.7. The van der Waals surface area contributed by atoms with Crippen LogP contribution in [-0.4, -0.2) is 44.9 Å². The van der Waals surface area contributed by atoms with Crippen molar-refractivity contribution in [3.63, 3.8) is 0 Å². The van der Waals surface area contributed by atoms with E-state index in [4.69, 9.17) is 18.9 Å². The maximum absolute atomic E-state index is 12.7. The molecule has 2 aromatic carbocycles. The second-order valence-electron chi connectivity index (χ2n) is 7.13. The minimum absolute atomic E-state index is 0.0140. The van der Waals surface area contributed by atoms with Crippen LogP contribution in [0.5, 0.6) is 23.0 Å². The van der Waals surface area contributed by atoms with Crippen LogP contribution in [0.15, 0.2) is 42.5 Å². The molecule has 0 spiro atoms. The van der Waals surface area contributed by atoms with Gasteiger partial charge in [0.05, 0.1) is 14.2 Å². The highest BCUT2D eigenvalue weighted by atomic mass is 16.7. The summed E-state index contributed by atoms with van der Waals surface area (Å²) >= 11 is 0. The zero-order valence-electron chi connectivity index (χ0n) is 16.7. The Bertz CT molecular complexity index is 915. The Morgan fingerprint density at radius 1 is 1.07 bits per heavy atom. The molecule has 2 aliphatic rings. The highest BCUT2D eigenvalue weighted by Crippen LogP contribution is 2.42. The molecule has 2 heterocycles. The van der Waals surface area contributed by atoms with Gasteiger partial charge in [-0.15, -0.1) is 0 Å².